The van der Waals surface area contributed by atoms with Gasteiger partial charge in [-0.2, -0.15) is 0 Å². The van der Waals surface area contributed by atoms with E-state index in [0.29, 0.717) is 27.5 Å². The number of benzene rings is 2. The van der Waals surface area contributed by atoms with E-state index in [2.05, 4.69) is 25.8 Å². The molecule has 5 rings (SSSR count). The zero-order chi connectivity index (χ0) is 24.9. The molecule has 10 nitrogen and oxygen atoms in total. The zero-order valence-corrected chi connectivity index (χ0v) is 20.6. The highest BCUT2D eigenvalue weighted by molar-refractivity contribution is 7.99. The Morgan fingerprint density at radius 3 is 2.72 bits per heavy atom. The minimum Gasteiger partial charge on any atom is -0.495 e. The predicted octanol–water partition coefficient (Wildman–Crippen LogP) is 4.14. The number of amides is 2. The third-order valence-electron chi connectivity index (χ3n) is 5.05. The first-order valence-electron chi connectivity index (χ1n) is 10.8. The van der Waals surface area contributed by atoms with Gasteiger partial charge >= 0.3 is 0 Å². The van der Waals surface area contributed by atoms with Gasteiger partial charge in [0.1, 0.15) is 5.75 Å². The first kappa shape index (κ1) is 23.6. The van der Waals surface area contributed by atoms with Crippen LogP contribution in [0.4, 0.5) is 5.13 Å². The van der Waals surface area contributed by atoms with Gasteiger partial charge in [-0.05, 0) is 36.4 Å². The van der Waals surface area contributed by atoms with E-state index in [1.165, 1.54) is 29.4 Å². The van der Waals surface area contributed by atoms with E-state index in [1.807, 2.05) is 48.5 Å². The van der Waals surface area contributed by atoms with Crippen molar-refractivity contribution in [2.75, 3.05) is 18.2 Å². The first-order valence-corrected chi connectivity index (χ1v) is 12.6. The molecule has 12 heteroatoms. The molecule has 0 aliphatic rings. The quantitative estimate of drug-likeness (QED) is 0.278. The average Bonchev–Trinajstić information content (AvgIpc) is 3.65. The van der Waals surface area contributed by atoms with Crippen molar-refractivity contribution >= 4 is 50.3 Å². The summed E-state index contributed by atoms with van der Waals surface area (Å²) in [5, 5.41) is 15.2. The molecule has 182 valence electrons. The van der Waals surface area contributed by atoms with Gasteiger partial charge in [-0.25, -0.2) is 4.98 Å². The monoisotopic (exact) mass is 520 g/mol. The van der Waals surface area contributed by atoms with Crippen molar-refractivity contribution in [3.05, 3.63) is 78.5 Å². The summed E-state index contributed by atoms with van der Waals surface area (Å²) >= 11 is 2.63. The number of hydrogen-bond acceptors (Lipinski definition) is 9. The van der Waals surface area contributed by atoms with E-state index in [9.17, 15) is 9.59 Å². The van der Waals surface area contributed by atoms with Gasteiger partial charge in [0.05, 0.1) is 41.6 Å². The van der Waals surface area contributed by atoms with Gasteiger partial charge in [0.25, 0.3) is 5.91 Å². The highest BCUT2D eigenvalue weighted by Crippen LogP contribution is 2.29. The largest absolute Gasteiger partial charge is 0.495 e. The van der Waals surface area contributed by atoms with Crippen molar-refractivity contribution in [2.45, 2.75) is 11.7 Å². The molecule has 0 atom stereocenters. The van der Waals surface area contributed by atoms with Gasteiger partial charge in [-0.15, -0.1) is 10.2 Å². The van der Waals surface area contributed by atoms with Crippen LogP contribution in [0, 0.1) is 0 Å². The smallest absolute Gasteiger partial charge is 0.287 e. The Morgan fingerprint density at radius 2 is 1.92 bits per heavy atom. The second-order valence-electron chi connectivity index (χ2n) is 7.39. The Labute approximate surface area is 213 Å². The molecule has 0 radical (unpaired) electrons. The minimum absolute atomic E-state index is 0.0853. The molecule has 3 heterocycles. The maximum absolute atomic E-state index is 12.7. The number of methoxy groups -OCH3 is 1. The summed E-state index contributed by atoms with van der Waals surface area (Å²) in [6.07, 6.45) is 1.43. The summed E-state index contributed by atoms with van der Waals surface area (Å²) in [5.74, 6) is 0.743. The first-order chi connectivity index (χ1) is 17.6. The van der Waals surface area contributed by atoms with Gasteiger partial charge in [0.15, 0.2) is 21.9 Å². The van der Waals surface area contributed by atoms with Crippen LogP contribution in [0.2, 0.25) is 0 Å². The fourth-order valence-electron chi connectivity index (χ4n) is 3.43. The molecule has 2 N–H and O–H groups in total. The van der Waals surface area contributed by atoms with Crippen LogP contribution >= 0.6 is 23.1 Å². The van der Waals surface area contributed by atoms with Crippen molar-refractivity contribution in [1.29, 1.82) is 0 Å². The maximum atomic E-state index is 12.7. The second kappa shape index (κ2) is 10.6. The molecule has 2 amide bonds. The average molecular weight is 521 g/mol. The third-order valence-corrected chi connectivity index (χ3v) is 6.93. The molecule has 36 heavy (non-hydrogen) atoms. The number of rotatable bonds is 9. The maximum Gasteiger partial charge on any atom is 0.287 e. The molecule has 0 unspecified atom stereocenters. The molecule has 2 aromatic carbocycles. The van der Waals surface area contributed by atoms with E-state index in [4.69, 9.17) is 9.15 Å². The van der Waals surface area contributed by atoms with Crippen molar-refractivity contribution < 1.29 is 18.7 Å². The van der Waals surface area contributed by atoms with Gasteiger partial charge in [-0.1, -0.05) is 47.4 Å². The van der Waals surface area contributed by atoms with Gasteiger partial charge in [0, 0.05) is 0 Å². The SMILES string of the molecule is COc1ccccc1-n1c(CNC(=O)c2ccco2)nnc1SCC(=O)Nc1nc2ccccc2s1. The van der Waals surface area contributed by atoms with Crippen molar-refractivity contribution in [2.24, 2.45) is 0 Å². The third kappa shape index (κ3) is 5.09. The summed E-state index contributed by atoms with van der Waals surface area (Å²) in [4.78, 5) is 29.5. The van der Waals surface area contributed by atoms with E-state index in [-0.39, 0.29) is 29.9 Å². The van der Waals surface area contributed by atoms with Crippen LogP contribution in [0.1, 0.15) is 16.4 Å². The van der Waals surface area contributed by atoms with Crippen LogP contribution in [0.5, 0.6) is 5.75 Å². The lowest BCUT2D eigenvalue weighted by atomic mass is 10.3. The van der Waals surface area contributed by atoms with E-state index in [1.54, 1.807) is 23.8 Å². The van der Waals surface area contributed by atoms with Crippen LogP contribution in [0.15, 0.2) is 76.5 Å². The summed E-state index contributed by atoms with van der Waals surface area (Å²) in [5.41, 5.74) is 1.52. The van der Waals surface area contributed by atoms with Crippen LogP contribution < -0.4 is 15.4 Å². The van der Waals surface area contributed by atoms with Gasteiger partial charge in [0.2, 0.25) is 5.91 Å². The predicted molar refractivity (Wildman–Crippen MR) is 137 cm³/mol. The molecule has 0 bridgehead atoms. The number of nitrogens with zero attached hydrogens (tertiary/aromatic N) is 4. The topological polar surface area (TPSA) is 124 Å². The molecule has 0 fully saturated rings. The zero-order valence-electron chi connectivity index (χ0n) is 19.0. The lowest BCUT2D eigenvalue weighted by molar-refractivity contribution is -0.113. The molecule has 5 aromatic rings. The Morgan fingerprint density at radius 1 is 1.08 bits per heavy atom. The van der Waals surface area contributed by atoms with Gasteiger partial charge < -0.3 is 19.8 Å². The Balaban J connectivity index is 1.34. The van der Waals surface area contributed by atoms with Crippen LogP contribution in [0.25, 0.3) is 15.9 Å². The number of hydrogen-bond donors (Lipinski definition) is 2. The second-order valence-corrected chi connectivity index (χ2v) is 9.36. The molecule has 0 saturated carbocycles. The van der Waals surface area contributed by atoms with Crippen molar-refractivity contribution in [1.82, 2.24) is 25.1 Å². The number of carbonyl (C=O) groups is 2. The molecule has 0 saturated heterocycles. The lowest BCUT2D eigenvalue weighted by Crippen LogP contribution is -2.24. The van der Waals surface area contributed by atoms with Crippen LogP contribution in [-0.4, -0.2) is 44.4 Å². The van der Waals surface area contributed by atoms with Crippen LogP contribution in [-0.2, 0) is 11.3 Å². The summed E-state index contributed by atoms with van der Waals surface area (Å²) < 4.78 is 13.4. The fraction of sp³-hybridized carbons (Fsp3) is 0.125. The number of aromatic nitrogens is 4. The molecule has 0 spiro atoms. The Kier molecular flexibility index (Phi) is 6.96. The summed E-state index contributed by atoms with van der Waals surface area (Å²) in [7, 11) is 1.57. The van der Waals surface area contributed by atoms with Gasteiger partial charge in [-0.3, -0.25) is 14.2 Å². The number of furan rings is 1. The number of fused-ring (bicyclic) bond motifs is 1. The normalized spacial score (nSPS) is 10.9. The van der Waals surface area contributed by atoms with Crippen molar-refractivity contribution in [3.63, 3.8) is 0 Å². The number of para-hydroxylation sites is 3. The number of thiazole rings is 1. The molecule has 0 aliphatic heterocycles. The summed E-state index contributed by atoms with van der Waals surface area (Å²) in [6, 6.07) is 18.3. The minimum atomic E-state index is -0.376. The van der Waals surface area contributed by atoms with Crippen LogP contribution in [0.3, 0.4) is 0 Å². The number of anilines is 1. The molecular weight excluding hydrogens is 500 g/mol. The number of thioether (sulfide) groups is 1. The van der Waals surface area contributed by atoms with E-state index >= 15 is 0 Å². The number of carbonyl (C=O) groups excluding carboxylic acids is 2. The fourth-order valence-corrected chi connectivity index (χ4v) is 5.08. The Bertz CT molecular complexity index is 1480. The highest BCUT2D eigenvalue weighted by Gasteiger charge is 2.20. The highest BCUT2D eigenvalue weighted by atomic mass is 32.2. The molecule has 0 aliphatic carbocycles. The number of ether oxygens (including phenoxy) is 1. The lowest BCUT2D eigenvalue weighted by Gasteiger charge is -2.14. The van der Waals surface area contributed by atoms with Crippen molar-refractivity contribution in [3.8, 4) is 11.4 Å². The standard InChI is InChI=1S/C24H20N6O4S2/c1-33-17-9-4-3-8-16(17)30-20(13-25-22(32)18-10-6-12-34-18)28-29-24(30)35-14-21(31)27-23-26-15-7-2-5-11-19(15)36-23/h2-12H,13-14H2,1H3,(H,25,32)(H,26,27,31). The Hall–Kier alpha value is -4.16. The van der Waals surface area contributed by atoms with E-state index < -0.39 is 0 Å². The number of nitrogens with one attached hydrogen (secondary N) is 2. The molecular formula is C24H20N6O4S2. The molecule has 3 aromatic heterocycles. The van der Waals surface area contributed by atoms with E-state index in [0.717, 1.165) is 10.2 Å². The summed E-state index contributed by atoms with van der Waals surface area (Å²) in [6.45, 7) is 0.0864.